The van der Waals surface area contributed by atoms with Gasteiger partial charge in [-0.3, -0.25) is 0 Å². The highest BCUT2D eigenvalue weighted by Crippen LogP contribution is 2.24. The third-order valence-electron chi connectivity index (χ3n) is 2.44. The Hall–Kier alpha value is -2.77. The first kappa shape index (κ1) is 11.3. The molecule has 2 N–H and O–H groups in total. The molecule has 0 atom stereocenters. The maximum Gasteiger partial charge on any atom is 0.284 e. The van der Waals surface area contributed by atoms with Crippen LogP contribution in [0.3, 0.4) is 0 Å². The molecule has 3 aromatic rings. The number of rotatable bonds is 2. The maximum atomic E-state index is 13.3. The largest absolute Gasteiger partial charge is 0.379 e. The van der Waals surface area contributed by atoms with E-state index in [1.54, 1.807) is 13.0 Å². The van der Waals surface area contributed by atoms with E-state index in [0.29, 0.717) is 5.56 Å². The molecule has 0 radical (unpaired) electrons. The molecule has 0 saturated heterocycles. The minimum Gasteiger partial charge on any atom is -0.379 e. The molecule has 0 aliphatic heterocycles. The molecule has 0 aliphatic rings. The molecule has 0 fully saturated rings. The van der Waals surface area contributed by atoms with Crippen molar-refractivity contribution in [2.45, 2.75) is 6.92 Å². The van der Waals surface area contributed by atoms with Gasteiger partial charge in [-0.2, -0.15) is 4.98 Å². The van der Waals surface area contributed by atoms with E-state index in [-0.39, 0.29) is 29.0 Å². The fourth-order valence-corrected chi connectivity index (χ4v) is 1.65. The van der Waals surface area contributed by atoms with Gasteiger partial charge >= 0.3 is 0 Å². The lowest BCUT2D eigenvalue weighted by molar-refractivity contribution is 0.308. The van der Waals surface area contributed by atoms with E-state index in [1.165, 1.54) is 12.1 Å². The van der Waals surface area contributed by atoms with Gasteiger partial charge in [-0.05, 0) is 41.0 Å². The Labute approximate surface area is 106 Å². The molecule has 2 aromatic heterocycles. The van der Waals surface area contributed by atoms with E-state index in [2.05, 4.69) is 25.1 Å². The highest BCUT2D eigenvalue weighted by Gasteiger charge is 2.18. The molecule has 96 valence electrons. The van der Waals surface area contributed by atoms with Gasteiger partial charge in [-0.1, -0.05) is 5.16 Å². The summed E-state index contributed by atoms with van der Waals surface area (Å²) in [4.78, 5) is 4.08. The lowest BCUT2D eigenvalue weighted by Gasteiger charge is -1.97. The first-order chi connectivity index (χ1) is 9.13. The topological polar surface area (TPSA) is 104 Å². The molecule has 0 amide bonds. The van der Waals surface area contributed by atoms with Crippen LogP contribution < -0.4 is 5.73 Å². The predicted molar refractivity (Wildman–Crippen MR) is 62.1 cm³/mol. The van der Waals surface area contributed by atoms with E-state index >= 15 is 0 Å². The van der Waals surface area contributed by atoms with E-state index in [9.17, 15) is 4.39 Å². The Kier molecular flexibility index (Phi) is 2.48. The molecular weight excluding hydrogens is 253 g/mol. The summed E-state index contributed by atoms with van der Waals surface area (Å²) in [6.45, 7) is 1.77. The third-order valence-corrected chi connectivity index (χ3v) is 2.44. The Morgan fingerprint density at radius 1 is 1.16 bits per heavy atom. The summed E-state index contributed by atoms with van der Waals surface area (Å²) in [6, 6.07) is 4.46. The molecule has 0 aliphatic carbocycles. The number of halogens is 1. The Morgan fingerprint density at radius 3 is 2.68 bits per heavy atom. The minimum atomic E-state index is -0.371. The van der Waals surface area contributed by atoms with Crippen molar-refractivity contribution in [3.63, 3.8) is 0 Å². The number of aryl methyl sites for hydroxylation is 1. The molecule has 0 bridgehead atoms. The molecule has 0 unspecified atom stereocenters. The van der Waals surface area contributed by atoms with E-state index in [4.69, 9.17) is 10.3 Å². The molecule has 0 saturated carbocycles. The van der Waals surface area contributed by atoms with Crippen molar-refractivity contribution in [1.82, 2.24) is 20.5 Å². The molecule has 3 rings (SSSR count). The highest BCUT2D eigenvalue weighted by molar-refractivity contribution is 5.63. The minimum absolute atomic E-state index is 0.0469. The lowest BCUT2D eigenvalue weighted by atomic mass is 10.1. The first-order valence-electron chi connectivity index (χ1n) is 5.33. The van der Waals surface area contributed by atoms with Crippen LogP contribution in [0, 0.1) is 12.7 Å². The zero-order valence-corrected chi connectivity index (χ0v) is 9.79. The van der Waals surface area contributed by atoms with E-state index in [1.807, 2.05) is 0 Å². The van der Waals surface area contributed by atoms with Gasteiger partial charge in [0.1, 0.15) is 5.82 Å². The second-order valence-corrected chi connectivity index (χ2v) is 3.94. The van der Waals surface area contributed by atoms with Crippen molar-refractivity contribution < 1.29 is 13.5 Å². The van der Waals surface area contributed by atoms with Crippen molar-refractivity contribution >= 4 is 5.82 Å². The number of nitrogen functional groups attached to an aromatic ring is 1. The maximum absolute atomic E-state index is 13.3. The summed E-state index contributed by atoms with van der Waals surface area (Å²) in [6.07, 6.45) is 0. The SMILES string of the molecule is Cc1cc(F)cc(-c2noc(-c3nonc3N)n2)c1. The summed E-state index contributed by atoms with van der Waals surface area (Å²) in [5.74, 6) is -0.0229. The number of nitrogens with zero attached hydrogens (tertiary/aromatic N) is 4. The van der Waals surface area contributed by atoms with Gasteiger partial charge < -0.3 is 10.3 Å². The Balaban J connectivity index is 2.04. The highest BCUT2D eigenvalue weighted by atomic mass is 19.1. The standard InChI is InChI=1S/C11H8FN5O2/c1-5-2-6(4-7(12)3-5)10-14-11(18-17-10)8-9(13)16-19-15-8/h2-4H,1H3,(H2,13,16). The normalized spacial score (nSPS) is 10.8. The molecular formula is C11H8FN5O2. The zero-order valence-electron chi connectivity index (χ0n) is 9.79. The average Bonchev–Trinajstić information content (AvgIpc) is 2.95. The predicted octanol–water partition coefficient (Wildman–Crippen LogP) is 1.82. The second kappa shape index (κ2) is 4.16. The van der Waals surface area contributed by atoms with Gasteiger partial charge in [0.05, 0.1) is 0 Å². The van der Waals surface area contributed by atoms with Gasteiger partial charge in [-0.15, -0.1) is 0 Å². The van der Waals surface area contributed by atoms with Crippen LogP contribution in [0.25, 0.3) is 23.0 Å². The molecule has 0 spiro atoms. The third kappa shape index (κ3) is 2.03. The Bertz CT molecular complexity index is 716. The van der Waals surface area contributed by atoms with Crippen LogP contribution in [0.1, 0.15) is 5.56 Å². The summed E-state index contributed by atoms with van der Waals surface area (Å²) >= 11 is 0. The van der Waals surface area contributed by atoms with Crippen LogP contribution >= 0.6 is 0 Å². The lowest BCUT2D eigenvalue weighted by Crippen LogP contribution is -1.89. The summed E-state index contributed by atoms with van der Waals surface area (Å²) in [5, 5.41) is 10.7. The van der Waals surface area contributed by atoms with Crippen molar-refractivity contribution in [2.75, 3.05) is 5.73 Å². The molecule has 1 aromatic carbocycles. The fraction of sp³-hybridized carbons (Fsp3) is 0.0909. The fourth-order valence-electron chi connectivity index (χ4n) is 1.65. The molecule has 8 heteroatoms. The van der Waals surface area contributed by atoms with Crippen LogP contribution in [0.2, 0.25) is 0 Å². The van der Waals surface area contributed by atoms with Crippen LogP contribution in [-0.2, 0) is 0 Å². The van der Waals surface area contributed by atoms with Crippen molar-refractivity contribution in [1.29, 1.82) is 0 Å². The van der Waals surface area contributed by atoms with Gasteiger partial charge in [0.2, 0.25) is 17.3 Å². The van der Waals surface area contributed by atoms with E-state index in [0.717, 1.165) is 5.56 Å². The van der Waals surface area contributed by atoms with Crippen molar-refractivity contribution in [3.05, 3.63) is 29.6 Å². The number of aromatic nitrogens is 4. The second-order valence-electron chi connectivity index (χ2n) is 3.94. The quantitative estimate of drug-likeness (QED) is 0.750. The summed E-state index contributed by atoms with van der Waals surface area (Å²) in [5.41, 5.74) is 6.93. The van der Waals surface area contributed by atoms with Crippen LogP contribution in [0.4, 0.5) is 10.2 Å². The molecule has 19 heavy (non-hydrogen) atoms. The van der Waals surface area contributed by atoms with E-state index < -0.39 is 0 Å². The Morgan fingerprint density at radius 2 is 2.00 bits per heavy atom. The zero-order chi connectivity index (χ0) is 13.4. The number of hydrogen-bond acceptors (Lipinski definition) is 7. The van der Waals surface area contributed by atoms with Crippen LogP contribution in [-0.4, -0.2) is 20.5 Å². The number of anilines is 1. The van der Waals surface area contributed by atoms with Gasteiger partial charge in [0.15, 0.2) is 0 Å². The summed E-state index contributed by atoms with van der Waals surface area (Å²) in [7, 11) is 0. The van der Waals surface area contributed by atoms with Crippen LogP contribution in [0.15, 0.2) is 27.4 Å². The van der Waals surface area contributed by atoms with Crippen molar-refractivity contribution in [3.8, 4) is 23.0 Å². The number of hydrogen-bond donors (Lipinski definition) is 1. The average molecular weight is 261 g/mol. The van der Waals surface area contributed by atoms with Gasteiger partial charge in [0.25, 0.3) is 5.89 Å². The first-order valence-corrected chi connectivity index (χ1v) is 5.33. The van der Waals surface area contributed by atoms with Gasteiger partial charge in [-0.25, -0.2) is 9.02 Å². The monoisotopic (exact) mass is 261 g/mol. The smallest absolute Gasteiger partial charge is 0.284 e. The molecule has 2 heterocycles. The number of nitrogens with two attached hydrogens (primary N) is 1. The summed E-state index contributed by atoms with van der Waals surface area (Å²) < 4.78 is 22.8. The van der Waals surface area contributed by atoms with Gasteiger partial charge in [0, 0.05) is 5.56 Å². The van der Waals surface area contributed by atoms with Crippen molar-refractivity contribution in [2.24, 2.45) is 0 Å². The molecule has 7 nitrogen and oxygen atoms in total. The number of benzene rings is 1. The van der Waals surface area contributed by atoms with Crippen LogP contribution in [0.5, 0.6) is 0 Å².